The molecule has 3 aromatic carbocycles. The van der Waals surface area contributed by atoms with Gasteiger partial charge >= 0.3 is 12.1 Å². The molecule has 2 N–H and O–H groups in total. The Kier molecular flexibility index (Phi) is 6.96. The van der Waals surface area contributed by atoms with Gasteiger partial charge in [-0.15, -0.1) is 0 Å². The summed E-state index contributed by atoms with van der Waals surface area (Å²) in [7, 11) is 1.42. The highest BCUT2D eigenvalue weighted by molar-refractivity contribution is 6.31. The van der Waals surface area contributed by atoms with E-state index in [1.165, 1.54) is 37.1 Å². The summed E-state index contributed by atoms with van der Waals surface area (Å²) in [5.41, 5.74) is -1.67. The zero-order chi connectivity index (χ0) is 27.1. The van der Waals surface area contributed by atoms with Crippen molar-refractivity contribution in [2.75, 3.05) is 18.6 Å². The van der Waals surface area contributed by atoms with Crippen molar-refractivity contribution in [2.24, 2.45) is 0 Å². The fourth-order valence-electron chi connectivity index (χ4n) is 4.44. The number of hydrogen-bond donors (Lipinski definition) is 2. The summed E-state index contributed by atoms with van der Waals surface area (Å²) in [4.78, 5) is 24.1. The number of alkyl halides is 3. The van der Waals surface area contributed by atoms with Crippen LogP contribution in [-0.4, -0.2) is 41.9 Å². The number of rotatable bonds is 6. The Labute approximate surface area is 215 Å². The molecule has 194 valence electrons. The standard InChI is InChI=1S/C27H23ClF3NO5/c1-15(20-9-7-18(12-21(20)28)17-5-3-16(4-6-17)11-25(34)35)26(36,27(29,30)31)19-8-10-23-22(13-19)32(2)24(33)14-37-23/h3-10,12-13,15,36H,11,14H2,1-2H3,(H,34,35)/t15-,26-/m0/s1. The maximum Gasteiger partial charge on any atom is 0.422 e. The van der Waals surface area contributed by atoms with E-state index in [1.54, 1.807) is 30.3 Å². The maximum atomic E-state index is 14.5. The largest absolute Gasteiger partial charge is 0.482 e. The van der Waals surface area contributed by atoms with E-state index in [9.17, 15) is 27.9 Å². The van der Waals surface area contributed by atoms with Gasteiger partial charge in [-0.3, -0.25) is 9.59 Å². The van der Waals surface area contributed by atoms with Crippen molar-refractivity contribution in [1.29, 1.82) is 0 Å². The number of amides is 1. The Morgan fingerprint density at radius 2 is 1.73 bits per heavy atom. The number of fused-ring (bicyclic) bond motifs is 1. The van der Waals surface area contributed by atoms with E-state index in [4.69, 9.17) is 21.4 Å². The van der Waals surface area contributed by atoms with Gasteiger partial charge in [0, 0.05) is 18.0 Å². The van der Waals surface area contributed by atoms with E-state index in [-0.39, 0.29) is 35.1 Å². The second-order valence-corrected chi connectivity index (χ2v) is 9.32. The van der Waals surface area contributed by atoms with Crippen molar-refractivity contribution in [3.05, 3.63) is 82.4 Å². The summed E-state index contributed by atoms with van der Waals surface area (Å²) in [5, 5.41) is 20.2. The van der Waals surface area contributed by atoms with Gasteiger partial charge in [0.05, 0.1) is 12.1 Å². The number of halogens is 4. The molecule has 0 bridgehead atoms. The molecule has 37 heavy (non-hydrogen) atoms. The fourth-order valence-corrected chi connectivity index (χ4v) is 4.79. The van der Waals surface area contributed by atoms with Crippen LogP contribution in [0.4, 0.5) is 18.9 Å². The lowest BCUT2D eigenvalue weighted by atomic mass is 9.77. The third-order valence-electron chi connectivity index (χ3n) is 6.65. The Morgan fingerprint density at radius 3 is 2.32 bits per heavy atom. The number of ether oxygens (including phenoxy) is 1. The van der Waals surface area contributed by atoms with Crippen LogP contribution < -0.4 is 9.64 Å². The van der Waals surface area contributed by atoms with Crippen LogP contribution >= 0.6 is 11.6 Å². The molecule has 0 aromatic heterocycles. The highest BCUT2D eigenvalue weighted by Crippen LogP contribution is 2.51. The number of likely N-dealkylation sites (N-methyl/N-ethyl adjacent to an activating group) is 1. The summed E-state index contributed by atoms with van der Waals surface area (Å²) >= 11 is 6.45. The van der Waals surface area contributed by atoms with Crippen molar-refractivity contribution < 1.29 is 37.7 Å². The molecule has 1 heterocycles. The topological polar surface area (TPSA) is 87.1 Å². The number of benzene rings is 3. The van der Waals surface area contributed by atoms with Crippen molar-refractivity contribution in [3.63, 3.8) is 0 Å². The van der Waals surface area contributed by atoms with Gasteiger partial charge in [0.1, 0.15) is 5.75 Å². The molecule has 1 aliphatic heterocycles. The van der Waals surface area contributed by atoms with Crippen molar-refractivity contribution >= 4 is 29.2 Å². The molecule has 6 nitrogen and oxygen atoms in total. The lowest BCUT2D eigenvalue weighted by Gasteiger charge is -2.38. The van der Waals surface area contributed by atoms with Crippen molar-refractivity contribution in [1.82, 2.24) is 0 Å². The van der Waals surface area contributed by atoms with Crippen molar-refractivity contribution in [2.45, 2.75) is 31.0 Å². The lowest BCUT2D eigenvalue weighted by molar-refractivity contribution is -0.274. The average Bonchev–Trinajstić information content (AvgIpc) is 2.84. The molecule has 3 aromatic rings. The van der Waals surface area contributed by atoms with Crippen LogP contribution in [0.1, 0.15) is 29.5 Å². The normalized spacial score (nSPS) is 16.0. The van der Waals surface area contributed by atoms with Crippen LogP contribution in [0.15, 0.2) is 60.7 Å². The van der Waals surface area contributed by atoms with Crippen molar-refractivity contribution in [3.8, 4) is 16.9 Å². The highest BCUT2D eigenvalue weighted by atomic mass is 35.5. The Morgan fingerprint density at radius 1 is 1.08 bits per heavy atom. The smallest absolute Gasteiger partial charge is 0.422 e. The minimum absolute atomic E-state index is 0.0240. The van der Waals surface area contributed by atoms with Gasteiger partial charge in [-0.05, 0) is 46.0 Å². The highest BCUT2D eigenvalue weighted by Gasteiger charge is 2.59. The third kappa shape index (κ3) is 4.89. The quantitative estimate of drug-likeness (QED) is 0.434. The molecular weight excluding hydrogens is 511 g/mol. The third-order valence-corrected chi connectivity index (χ3v) is 6.98. The summed E-state index contributed by atoms with van der Waals surface area (Å²) in [6, 6.07) is 14.8. The number of hydrogen-bond acceptors (Lipinski definition) is 4. The van der Waals surface area contributed by atoms with E-state index in [0.29, 0.717) is 16.7 Å². The summed E-state index contributed by atoms with van der Waals surface area (Å²) in [6.07, 6.45) is -5.22. The molecule has 4 rings (SSSR count). The van der Waals surface area contributed by atoms with Gasteiger partial charge in [-0.25, -0.2) is 0 Å². The van der Waals surface area contributed by atoms with Crippen LogP contribution in [0.25, 0.3) is 11.1 Å². The van der Waals surface area contributed by atoms with Crippen LogP contribution in [-0.2, 0) is 21.6 Å². The van der Waals surface area contributed by atoms with Gasteiger partial charge in [-0.2, -0.15) is 13.2 Å². The molecule has 2 atom stereocenters. The number of carbonyl (C=O) groups excluding carboxylic acids is 1. The minimum Gasteiger partial charge on any atom is -0.482 e. The number of nitrogens with zero attached hydrogens (tertiary/aromatic N) is 1. The van der Waals surface area contributed by atoms with Crippen LogP contribution in [0.3, 0.4) is 0 Å². The first kappa shape index (κ1) is 26.5. The molecule has 0 saturated heterocycles. The van der Waals surface area contributed by atoms with Crippen LogP contribution in [0.5, 0.6) is 5.75 Å². The molecule has 0 saturated carbocycles. The zero-order valence-electron chi connectivity index (χ0n) is 19.8. The number of anilines is 1. The van der Waals surface area contributed by atoms with E-state index in [2.05, 4.69) is 0 Å². The van der Waals surface area contributed by atoms with E-state index >= 15 is 0 Å². The number of aliphatic carboxylic acids is 1. The monoisotopic (exact) mass is 533 g/mol. The minimum atomic E-state index is -5.08. The fraction of sp³-hybridized carbons (Fsp3) is 0.259. The lowest BCUT2D eigenvalue weighted by Crippen LogP contribution is -2.47. The molecule has 0 radical (unpaired) electrons. The summed E-state index contributed by atoms with van der Waals surface area (Å²) < 4.78 is 48.8. The van der Waals surface area contributed by atoms with Gasteiger partial charge < -0.3 is 19.8 Å². The number of aliphatic hydroxyl groups is 1. The maximum absolute atomic E-state index is 14.5. The average molecular weight is 534 g/mol. The molecular formula is C27H23ClF3NO5. The first-order valence-corrected chi connectivity index (χ1v) is 11.6. The van der Waals surface area contributed by atoms with Gasteiger partial charge in [0.2, 0.25) is 0 Å². The predicted molar refractivity (Wildman–Crippen MR) is 132 cm³/mol. The molecule has 0 aliphatic carbocycles. The SMILES string of the molecule is C[C@@H](c1ccc(-c2ccc(CC(=O)O)cc2)cc1Cl)[C@](O)(c1ccc2c(c1)N(C)C(=O)CO2)C(F)(F)F. The van der Waals surface area contributed by atoms with E-state index < -0.39 is 35.1 Å². The first-order valence-electron chi connectivity index (χ1n) is 11.3. The molecule has 0 spiro atoms. The first-order chi connectivity index (χ1) is 17.3. The van der Waals surface area contributed by atoms with Crippen LogP contribution in [0.2, 0.25) is 5.02 Å². The van der Waals surface area contributed by atoms with E-state index in [1.807, 2.05) is 0 Å². The van der Waals surface area contributed by atoms with Gasteiger partial charge in [0.25, 0.3) is 5.91 Å². The molecule has 0 unspecified atom stereocenters. The molecule has 10 heteroatoms. The molecule has 1 amide bonds. The predicted octanol–water partition coefficient (Wildman–Crippen LogP) is 5.54. The number of carboxylic acid groups (broad SMARTS) is 1. The summed E-state index contributed by atoms with van der Waals surface area (Å²) in [5.74, 6) is -2.67. The summed E-state index contributed by atoms with van der Waals surface area (Å²) in [6.45, 7) is 1.01. The zero-order valence-corrected chi connectivity index (χ0v) is 20.6. The Balaban J connectivity index is 1.72. The molecule has 0 fully saturated rings. The second kappa shape index (κ2) is 9.72. The van der Waals surface area contributed by atoms with Crippen LogP contribution in [0, 0.1) is 0 Å². The molecule has 1 aliphatic rings. The Bertz CT molecular complexity index is 1360. The second-order valence-electron chi connectivity index (χ2n) is 8.91. The Hall–Kier alpha value is -3.56. The number of carboxylic acids is 1. The van der Waals surface area contributed by atoms with E-state index in [0.717, 1.165) is 12.1 Å². The number of carbonyl (C=O) groups is 2. The van der Waals surface area contributed by atoms with Gasteiger partial charge in [-0.1, -0.05) is 61.0 Å². The van der Waals surface area contributed by atoms with Gasteiger partial charge in [0.15, 0.2) is 12.2 Å².